The summed E-state index contributed by atoms with van der Waals surface area (Å²) in [4.78, 5) is 18.6. The van der Waals surface area contributed by atoms with Crippen LogP contribution in [0.4, 0.5) is 5.82 Å². The molecule has 0 saturated carbocycles. The molecular formula is C20H23N3O3. The molecule has 1 amide bonds. The molecule has 0 atom stereocenters. The van der Waals surface area contributed by atoms with Crippen LogP contribution < -0.4 is 15.0 Å². The number of rotatable bonds is 6. The normalized spacial score (nSPS) is 14.4. The van der Waals surface area contributed by atoms with Crippen molar-refractivity contribution in [2.24, 2.45) is 0 Å². The van der Waals surface area contributed by atoms with Gasteiger partial charge in [-0.2, -0.15) is 0 Å². The third kappa shape index (κ3) is 5.07. The molecule has 0 bridgehead atoms. The second-order valence-electron chi connectivity index (χ2n) is 5.95. The Morgan fingerprint density at radius 2 is 2.04 bits per heavy atom. The van der Waals surface area contributed by atoms with E-state index in [0.717, 1.165) is 49.0 Å². The van der Waals surface area contributed by atoms with Crippen LogP contribution in [0.1, 0.15) is 11.1 Å². The fourth-order valence-corrected chi connectivity index (χ4v) is 2.67. The Bertz CT molecular complexity index is 753. The van der Waals surface area contributed by atoms with Crippen molar-refractivity contribution in [1.82, 2.24) is 10.3 Å². The number of carbonyl (C=O) groups is 1. The van der Waals surface area contributed by atoms with Gasteiger partial charge in [0.25, 0.3) is 0 Å². The number of benzene rings is 1. The van der Waals surface area contributed by atoms with Gasteiger partial charge in [0, 0.05) is 31.9 Å². The molecule has 0 radical (unpaired) electrons. The smallest absolute Gasteiger partial charge is 0.244 e. The van der Waals surface area contributed by atoms with E-state index in [0.29, 0.717) is 6.54 Å². The summed E-state index contributed by atoms with van der Waals surface area (Å²) in [5.41, 5.74) is 1.96. The van der Waals surface area contributed by atoms with Crippen molar-refractivity contribution in [1.29, 1.82) is 0 Å². The highest BCUT2D eigenvalue weighted by molar-refractivity contribution is 5.91. The number of nitrogens with one attached hydrogen (secondary N) is 1. The van der Waals surface area contributed by atoms with Gasteiger partial charge in [-0.15, -0.1) is 0 Å². The van der Waals surface area contributed by atoms with Crippen molar-refractivity contribution < 1.29 is 14.3 Å². The van der Waals surface area contributed by atoms with Crippen molar-refractivity contribution in [3.8, 4) is 5.75 Å². The number of aromatic nitrogens is 1. The van der Waals surface area contributed by atoms with Crippen LogP contribution in [0.25, 0.3) is 6.08 Å². The Kier molecular flexibility index (Phi) is 6.22. The molecule has 26 heavy (non-hydrogen) atoms. The lowest BCUT2D eigenvalue weighted by atomic mass is 10.2. The minimum absolute atomic E-state index is 0.134. The number of hydrogen-bond donors (Lipinski definition) is 1. The van der Waals surface area contributed by atoms with Crippen LogP contribution in [0, 0.1) is 0 Å². The van der Waals surface area contributed by atoms with Crippen LogP contribution in [0.3, 0.4) is 0 Å². The van der Waals surface area contributed by atoms with E-state index in [4.69, 9.17) is 9.47 Å². The first-order chi connectivity index (χ1) is 12.7. The van der Waals surface area contributed by atoms with Crippen molar-refractivity contribution in [3.63, 3.8) is 0 Å². The third-order valence-corrected chi connectivity index (χ3v) is 4.15. The van der Waals surface area contributed by atoms with Gasteiger partial charge in [-0.3, -0.25) is 4.79 Å². The van der Waals surface area contributed by atoms with Crippen LogP contribution in [0.5, 0.6) is 5.75 Å². The molecule has 0 spiro atoms. The van der Waals surface area contributed by atoms with Crippen LogP contribution in [0.2, 0.25) is 0 Å². The van der Waals surface area contributed by atoms with Gasteiger partial charge in [0.15, 0.2) is 0 Å². The minimum atomic E-state index is -0.134. The van der Waals surface area contributed by atoms with E-state index in [1.54, 1.807) is 19.4 Å². The lowest BCUT2D eigenvalue weighted by molar-refractivity contribution is -0.116. The summed E-state index contributed by atoms with van der Waals surface area (Å²) in [5, 5.41) is 2.90. The Morgan fingerprint density at radius 1 is 1.27 bits per heavy atom. The first-order valence-corrected chi connectivity index (χ1v) is 8.62. The first kappa shape index (κ1) is 17.9. The molecule has 136 valence electrons. The van der Waals surface area contributed by atoms with E-state index in [2.05, 4.69) is 15.2 Å². The van der Waals surface area contributed by atoms with E-state index in [1.807, 2.05) is 36.4 Å². The second-order valence-corrected chi connectivity index (χ2v) is 5.95. The van der Waals surface area contributed by atoms with Gasteiger partial charge in [0.05, 0.1) is 20.3 Å². The van der Waals surface area contributed by atoms with Gasteiger partial charge in [0.2, 0.25) is 5.91 Å². The van der Waals surface area contributed by atoms with E-state index in [1.165, 1.54) is 6.08 Å². The molecule has 0 aliphatic carbocycles. The van der Waals surface area contributed by atoms with Crippen LogP contribution in [0.15, 0.2) is 48.7 Å². The number of amides is 1. The first-order valence-electron chi connectivity index (χ1n) is 8.62. The average Bonchev–Trinajstić information content (AvgIpc) is 2.72. The molecule has 2 heterocycles. The molecule has 1 aliphatic heterocycles. The Labute approximate surface area is 153 Å². The van der Waals surface area contributed by atoms with Crippen molar-refractivity contribution in [3.05, 3.63) is 59.8 Å². The Morgan fingerprint density at radius 3 is 2.77 bits per heavy atom. The maximum atomic E-state index is 12.0. The summed E-state index contributed by atoms with van der Waals surface area (Å²) in [6, 6.07) is 11.5. The molecule has 3 rings (SSSR count). The quantitative estimate of drug-likeness (QED) is 0.807. The predicted molar refractivity (Wildman–Crippen MR) is 101 cm³/mol. The summed E-state index contributed by atoms with van der Waals surface area (Å²) in [6.45, 7) is 3.59. The van der Waals surface area contributed by atoms with Gasteiger partial charge < -0.3 is 19.7 Å². The van der Waals surface area contributed by atoms with E-state index < -0.39 is 0 Å². The van der Waals surface area contributed by atoms with Crippen molar-refractivity contribution in [2.45, 2.75) is 6.54 Å². The molecular weight excluding hydrogens is 330 g/mol. The fraction of sp³-hybridized carbons (Fsp3) is 0.300. The molecule has 1 N–H and O–H groups in total. The standard InChI is InChI=1S/C20H23N3O3/c1-25-18-5-2-16(3-6-18)4-7-20(24)22-15-17-8-9-21-19(14-17)23-10-12-26-13-11-23/h2-9,14H,10-13,15H2,1H3,(H,22,24)/b7-4+. The van der Waals surface area contributed by atoms with Crippen molar-refractivity contribution >= 4 is 17.8 Å². The summed E-state index contributed by atoms with van der Waals surface area (Å²) >= 11 is 0. The molecule has 2 aromatic rings. The molecule has 6 heteroatoms. The van der Waals surface area contributed by atoms with Crippen LogP contribution >= 0.6 is 0 Å². The Balaban J connectivity index is 1.52. The zero-order valence-electron chi connectivity index (χ0n) is 14.9. The third-order valence-electron chi connectivity index (χ3n) is 4.15. The lowest BCUT2D eigenvalue weighted by Crippen LogP contribution is -2.36. The summed E-state index contributed by atoms with van der Waals surface area (Å²) < 4.78 is 10.5. The Hall–Kier alpha value is -2.86. The zero-order chi connectivity index (χ0) is 18.2. The topological polar surface area (TPSA) is 63.7 Å². The number of anilines is 1. The van der Waals surface area contributed by atoms with E-state index >= 15 is 0 Å². The van der Waals surface area contributed by atoms with E-state index in [-0.39, 0.29) is 5.91 Å². The van der Waals surface area contributed by atoms with Gasteiger partial charge in [-0.1, -0.05) is 12.1 Å². The van der Waals surface area contributed by atoms with Crippen LogP contribution in [-0.4, -0.2) is 44.3 Å². The molecule has 1 aromatic carbocycles. The average molecular weight is 353 g/mol. The molecule has 1 fully saturated rings. The number of ether oxygens (including phenoxy) is 2. The van der Waals surface area contributed by atoms with Crippen molar-refractivity contribution in [2.75, 3.05) is 38.3 Å². The minimum Gasteiger partial charge on any atom is -0.497 e. The van der Waals surface area contributed by atoms with Crippen LogP contribution in [-0.2, 0) is 16.1 Å². The number of morpholine rings is 1. The number of carbonyl (C=O) groups excluding carboxylic acids is 1. The SMILES string of the molecule is COc1ccc(/C=C/C(=O)NCc2ccnc(N3CCOCC3)c2)cc1. The molecule has 0 unspecified atom stereocenters. The highest BCUT2D eigenvalue weighted by Crippen LogP contribution is 2.14. The van der Waals surface area contributed by atoms with Gasteiger partial charge in [-0.05, 0) is 41.5 Å². The summed E-state index contributed by atoms with van der Waals surface area (Å²) in [7, 11) is 1.63. The van der Waals surface area contributed by atoms with Gasteiger partial charge in [-0.25, -0.2) is 4.98 Å². The summed E-state index contributed by atoms with van der Waals surface area (Å²) in [5.74, 6) is 1.58. The number of nitrogens with zero attached hydrogens (tertiary/aromatic N) is 2. The maximum Gasteiger partial charge on any atom is 0.244 e. The highest BCUT2D eigenvalue weighted by atomic mass is 16.5. The lowest BCUT2D eigenvalue weighted by Gasteiger charge is -2.28. The number of hydrogen-bond acceptors (Lipinski definition) is 5. The monoisotopic (exact) mass is 353 g/mol. The van der Waals surface area contributed by atoms with Gasteiger partial charge in [0.1, 0.15) is 11.6 Å². The predicted octanol–water partition coefficient (Wildman–Crippen LogP) is 2.26. The molecule has 1 saturated heterocycles. The molecule has 1 aliphatic rings. The maximum absolute atomic E-state index is 12.0. The number of pyridine rings is 1. The molecule has 1 aromatic heterocycles. The molecule has 6 nitrogen and oxygen atoms in total. The van der Waals surface area contributed by atoms with E-state index in [9.17, 15) is 4.79 Å². The fourth-order valence-electron chi connectivity index (χ4n) is 2.67. The van der Waals surface area contributed by atoms with Gasteiger partial charge >= 0.3 is 0 Å². The highest BCUT2D eigenvalue weighted by Gasteiger charge is 2.12. The summed E-state index contributed by atoms with van der Waals surface area (Å²) in [6.07, 6.45) is 5.09. The largest absolute Gasteiger partial charge is 0.497 e. The second kappa shape index (κ2) is 9.01. The number of methoxy groups -OCH3 is 1. The zero-order valence-corrected chi connectivity index (χ0v) is 14.9.